The van der Waals surface area contributed by atoms with Gasteiger partial charge in [0.15, 0.2) is 0 Å². The van der Waals surface area contributed by atoms with Crippen molar-refractivity contribution < 1.29 is 27.5 Å². The van der Waals surface area contributed by atoms with Crippen LogP contribution in [0.2, 0.25) is 0 Å². The van der Waals surface area contributed by atoms with Crippen molar-refractivity contribution in [2.45, 2.75) is 6.36 Å². The summed E-state index contributed by atoms with van der Waals surface area (Å²) in [5.74, 6) is -1.92. The third-order valence-corrected chi connectivity index (χ3v) is 3.56. The van der Waals surface area contributed by atoms with Gasteiger partial charge in [0, 0.05) is 11.3 Å². The SMILES string of the molecule is N=[N+]=NC(=O)c1ccc(NC(=O)c2ncn(-c3ccc(OC(F)(F)F)cc3)n2)cc1. The molecule has 0 aliphatic carbocycles. The fourth-order valence-electron chi connectivity index (χ4n) is 2.28. The number of alkyl halides is 3. The smallest absolute Gasteiger partial charge is 0.406 e. The lowest BCUT2D eigenvalue weighted by Gasteiger charge is -2.09. The van der Waals surface area contributed by atoms with E-state index in [9.17, 15) is 22.8 Å². The molecule has 152 valence electrons. The highest BCUT2D eigenvalue weighted by Crippen LogP contribution is 2.23. The molecule has 0 unspecified atom stereocenters. The molecule has 0 fully saturated rings. The number of hydrogen-bond acceptors (Lipinski definition) is 6. The standard InChI is InChI=1S/C17H10F3N7O3/c18-17(19,20)30-13-7-5-12(6-8-13)27-9-22-14(25-27)16(29)23-11-3-1-10(2-4-11)15(28)24-26-21/h1-9,21H/p+1. The quantitative estimate of drug-likeness (QED) is 0.485. The van der Waals surface area contributed by atoms with E-state index < -0.39 is 23.9 Å². The molecule has 10 nitrogen and oxygen atoms in total. The lowest BCUT2D eigenvalue weighted by atomic mass is 10.2. The van der Waals surface area contributed by atoms with Crippen LogP contribution in [0.15, 0.2) is 60.0 Å². The van der Waals surface area contributed by atoms with Crippen LogP contribution in [0.5, 0.6) is 5.75 Å². The van der Waals surface area contributed by atoms with Crippen molar-refractivity contribution in [1.82, 2.24) is 19.7 Å². The summed E-state index contributed by atoms with van der Waals surface area (Å²) in [7, 11) is 0. The normalized spacial score (nSPS) is 10.8. The summed E-state index contributed by atoms with van der Waals surface area (Å²) in [6.45, 7) is 0. The number of hydrogen-bond donors (Lipinski definition) is 2. The monoisotopic (exact) mass is 418 g/mol. The number of amides is 2. The van der Waals surface area contributed by atoms with Crippen molar-refractivity contribution in [1.29, 1.82) is 5.53 Å². The van der Waals surface area contributed by atoms with Crippen molar-refractivity contribution in [2.75, 3.05) is 5.32 Å². The van der Waals surface area contributed by atoms with Gasteiger partial charge in [-0.2, -0.15) is 0 Å². The summed E-state index contributed by atoms with van der Waals surface area (Å²) in [4.78, 5) is 30.3. The lowest BCUT2D eigenvalue weighted by Crippen LogP contribution is -2.17. The second-order valence-electron chi connectivity index (χ2n) is 5.59. The maximum absolute atomic E-state index is 12.3. The third kappa shape index (κ3) is 5.11. The average molecular weight is 418 g/mol. The van der Waals surface area contributed by atoms with E-state index in [4.69, 9.17) is 5.53 Å². The van der Waals surface area contributed by atoms with Crippen LogP contribution in [0.3, 0.4) is 0 Å². The Labute approximate surface area is 165 Å². The number of ether oxygens (including phenoxy) is 1. The van der Waals surface area contributed by atoms with Crippen LogP contribution < -0.4 is 15.0 Å². The number of nitrogens with zero attached hydrogens (tertiary/aromatic N) is 5. The highest BCUT2D eigenvalue weighted by Gasteiger charge is 2.31. The molecule has 2 amide bonds. The van der Waals surface area contributed by atoms with Crippen molar-refractivity contribution in [3.8, 4) is 11.4 Å². The number of nitrogens with one attached hydrogen (secondary N) is 2. The molecule has 1 heterocycles. The van der Waals surface area contributed by atoms with E-state index in [1.807, 2.05) is 0 Å². The summed E-state index contributed by atoms with van der Waals surface area (Å²) >= 11 is 0. The fourth-order valence-corrected chi connectivity index (χ4v) is 2.28. The van der Waals surface area contributed by atoms with E-state index in [1.54, 1.807) is 0 Å². The Balaban J connectivity index is 1.67. The topological polar surface area (TPSA) is 136 Å². The van der Waals surface area contributed by atoms with Crippen molar-refractivity contribution in [2.24, 2.45) is 5.11 Å². The van der Waals surface area contributed by atoms with Crippen LogP contribution in [-0.2, 0) is 0 Å². The zero-order valence-corrected chi connectivity index (χ0v) is 14.8. The molecule has 13 heteroatoms. The molecule has 0 atom stereocenters. The Bertz CT molecular complexity index is 1120. The zero-order valence-electron chi connectivity index (χ0n) is 14.8. The Kier molecular flexibility index (Phi) is 5.65. The van der Waals surface area contributed by atoms with Gasteiger partial charge in [0.1, 0.15) is 17.6 Å². The number of rotatable bonds is 5. The van der Waals surface area contributed by atoms with Gasteiger partial charge in [-0.05, 0) is 48.5 Å². The number of carbonyl (C=O) groups excluding carboxylic acids is 2. The predicted molar refractivity (Wildman–Crippen MR) is 94.0 cm³/mol. The van der Waals surface area contributed by atoms with Crippen molar-refractivity contribution in [3.05, 3.63) is 66.2 Å². The third-order valence-electron chi connectivity index (χ3n) is 3.56. The van der Waals surface area contributed by atoms with Crippen molar-refractivity contribution >= 4 is 17.5 Å². The molecule has 0 bridgehead atoms. The summed E-state index contributed by atoms with van der Waals surface area (Å²) in [5, 5.41) is 9.58. The Hall–Kier alpha value is -4.38. The maximum atomic E-state index is 12.3. The minimum atomic E-state index is -4.79. The first kappa shape index (κ1) is 20.4. The largest absolute Gasteiger partial charge is 0.573 e. The summed E-state index contributed by atoms with van der Waals surface area (Å²) < 4.78 is 41.6. The minimum Gasteiger partial charge on any atom is -0.406 e. The van der Waals surface area contributed by atoms with Gasteiger partial charge in [0.25, 0.3) is 5.91 Å². The van der Waals surface area contributed by atoms with Gasteiger partial charge in [-0.3, -0.25) is 9.59 Å². The van der Waals surface area contributed by atoms with Crippen molar-refractivity contribution in [3.63, 3.8) is 0 Å². The summed E-state index contributed by atoms with van der Waals surface area (Å²) in [6.07, 6.45) is -3.57. The molecule has 30 heavy (non-hydrogen) atoms. The van der Waals surface area contributed by atoms with E-state index in [0.29, 0.717) is 11.4 Å². The molecule has 0 saturated heterocycles. The molecule has 3 rings (SSSR count). The molecule has 0 aliphatic heterocycles. The van der Waals surface area contributed by atoms with Gasteiger partial charge in [0.05, 0.1) is 5.69 Å². The van der Waals surface area contributed by atoms with Gasteiger partial charge in [-0.1, -0.05) is 0 Å². The molecule has 0 saturated carbocycles. The highest BCUT2D eigenvalue weighted by molar-refractivity contribution is 6.02. The molecule has 0 radical (unpaired) electrons. The molecule has 2 N–H and O–H groups in total. The van der Waals surface area contributed by atoms with Gasteiger partial charge >= 0.3 is 12.3 Å². The minimum absolute atomic E-state index is 0.185. The van der Waals surface area contributed by atoms with Gasteiger partial charge in [-0.15, -0.1) is 18.3 Å². The Morgan fingerprint density at radius 1 is 1.10 bits per heavy atom. The molecule has 0 aliphatic rings. The first-order chi connectivity index (χ1) is 14.2. The molecule has 1 aromatic heterocycles. The van der Waals surface area contributed by atoms with Gasteiger partial charge < -0.3 is 10.1 Å². The lowest BCUT2D eigenvalue weighted by molar-refractivity contribution is -0.274. The fraction of sp³-hybridized carbons (Fsp3) is 0.0588. The summed E-state index contributed by atoms with van der Waals surface area (Å²) in [6, 6.07) is 10.5. The molecule has 0 spiro atoms. The second kappa shape index (κ2) is 8.32. The van der Waals surface area contributed by atoms with Crippen LogP contribution in [0.1, 0.15) is 21.0 Å². The average Bonchev–Trinajstić information content (AvgIpc) is 3.18. The van der Waals surface area contributed by atoms with Crippen LogP contribution >= 0.6 is 0 Å². The number of aromatic nitrogens is 3. The van der Waals surface area contributed by atoms with Crippen LogP contribution in [-0.4, -0.2) is 32.9 Å². The van der Waals surface area contributed by atoms with E-state index in [2.05, 4.69) is 30.2 Å². The van der Waals surface area contributed by atoms with Gasteiger partial charge in [-0.25, -0.2) is 9.67 Å². The number of carbonyl (C=O) groups is 2. The van der Waals surface area contributed by atoms with E-state index in [0.717, 1.165) is 12.1 Å². The zero-order chi connectivity index (χ0) is 21.7. The molecular formula is C17H11F3N7O3+. The number of halogens is 3. The Morgan fingerprint density at radius 3 is 2.37 bits per heavy atom. The highest BCUT2D eigenvalue weighted by atomic mass is 19.4. The maximum Gasteiger partial charge on any atom is 0.573 e. The first-order valence-corrected chi connectivity index (χ1v) is 8.06. The van der Waals surface area contributed by atoms with Crippen LogP contribution in [0.4, 0.5) is 18.9 Å². The molecule has 2 aromatic carbocycles. The second-order valence-corrected chi connectivity index (χ2v) is 5.59. The predicted octanol–water partition coefficient (Wildman–Crippen LogP) is 3.11. The Morgan fingerprint density at radius 2 is 1.77 bits per heavy atom. The van der Waals surface area contributed by atoms with E-state index in [-0.39, 0.29) is 11.4 Å². The van der Waals surface area contributed by atoms with E-state index in [1.165, 1.54) is 47.4 Å². The van der Waals surface area contributed by atoms with Crippen LogP contribution in [0.25, 0.3) is 5.69 Å². The van der Waals surface area contributed by atoms with E-state index >= 15 is 0 Å². The molecule has 3 aromatic rings. The number of benzene rings is 2. The van der Waals surface area contributed by atoms with Gasteiger partial charge in [0.2, 0.25) is 15.9 Å². The first-order valence-electron chi connectivity index (χ1n) is 8.06. The molecular weight excluding hydrogens is 407 g/mol. The van der Waals surface area contributed by atoms with Crippen LogP contribution in [0, 0.1) is 5.53 Å². The summed E-state index contributed by atoms with van der Waals surface area (Å²) in [5.41, 5.74) is 7.43. The number of anilines is 1.